The summed E-state index contributed by atoms with van der Waals surface area (Å²) in [5.74, 6) is 2.98. The Kier molecular flexibility index (Phi) is 7.89. The van der Waals surface area contributed by atoms with Gasteiger partial charge in [0.25, 0.3) is 0 Å². The van der Waals surface area contributed by atoms with Crippen LogP contribution in [0.2, 0.25) is 0 Å². The Morgan fingerprint density at radius 1 is 0.458 bits per heavy atom. The third-order valence-electron chi connectivity index (χ3n) is 5.91. The smallest absolute Gasteiger partial charge is 0.0383 e. The Morgan fingerprint density at radius 3 is 0.833 bits per heavy atom. The highest BCUT2D eigenvalue weighted by molar-refractivity contribution is 4.82. The molecule has 24 heavy (non-hydrogen) atoms. The molecule has 1 fully saturated rings. The highest BCUT2D eigenvalue weighted by atomic mass is 14.4. The fourth-order valence-corrected chi connectivity index (χ4v) is 4.32. The standard InChI is InChI=1S/C24H48/c1-22(2,3)13-10-19-16-20(11-14-23(4,5)6)18-21(17-19)12-15-24(7,8)9/h19-21H,10-18H2,1-9H3. The molecule has 1 aliphatic rings. The van der Waals surface area contributed by atoms with Gasteiger partial charge in [0.05, 0.1) is 0 Å². The first-order valence-corrected chi connectivity index (χ1v) is 10.7. The van der Waals surface area contributed by atoms with E-state index in [0.29, 0.717) is 16.2 Å². The van der Waals surface area contributed by atoms with E-state index in [1.807, 2.05) is 0 Å². The summed E-state index contributed by atoms with van der Waals surface area (Å²) in [5.41, 5.74) is 1.50. The maximum atomic E-state index is 2.41. The molecule has 1 saturated carbocycles. The second-order valence-electron chi connectivity index (χ2n) is 12.6. The molecule has 1 rings (SSSR count). The van der Waals surface area contributed by atoms with Crippen molar-refractivity contribution in [1.82, 2.24) is 0 Å². The number of rotatable bonds is 6. The van der Waals surface area contributed by atoms with Gasteiger partial charge >= 0.3 is 0 Å². The fourth-order valence-electron chi connectivity index (χ4n) is 4.32. The zero-order valence-electron chi connectivity index (χ0n) is 18.6. The lowest BCUT2D eigenvalue weighted by atomic mass is 9.68. The van der Waals surface area contributed by atoms with E-state index >= 15 is 0 Å². The van der Waals surface area contributed by atoms with Crippen molar-refractivity contribution in [2.45, 2.75) is 120 Å². The third kappa shape index (κ3) is 10.8. The molecule has 0 aromatic carbocycles. The summed E-state index contributed by atoms with van der Waals surface area (Å²) in [6, 6.07) is 0. The molecule has 0 N–H and O–H groups in total. The molecule has 0 spiro atoms. The Morgan fingerprint density at radius 2 is 0.667 bits per heavy atom. The lowest BCUT2D eigenvalue weighted by Crippen LogP contribution is -2.26. The minimum absolute atomic E-state index is 0.499. The molecule has 0 bridgehead atoms. The minimum atomic E-state index is 0.499. The SMILES string of the molecule is CC(C)(C)CCC1CC(CCC(C)(C)C)CC(CCC(C)(C)C)C1. The van der Waals surface area contributed by atoms with Gasteiger partial charge in [0.15, 0.2) is 0 Å². The molecule has 0 nitrogen and oxygen atoms in total. The van der Waals surface area contributed by atoms with Crippen LogP contribution < -0.4 is 0 Å². The second kappa shape index (κ2) is 8.59. The summed E-state index contributed by atoms with van der Waals surface area (Å²) in [7, 11) is 0. The van der Waals surface area contributed by atoms with E-state index in [2.05, 4.69) is 62.3 Å². The van der Waals surface area contributed by atoms with Crippen LogP contribution in [0.15, 0.2) is 0 Å². The van der Waals surface area contributed by atoms with E-state index in [4.69, 9.17) is 0 Å². The topological polar surface area (TPSA) is 0 Å². The molecule has 0 heteroatoms. The van der Waals surface area contributed by atoms with Crippen molar-refractivity contribution < 1.29 is 0 Å². The van der Waals surface area contributed by atoms with Crippen molar-refractivity contribution in [3.63, 3.8) is 0 Å². The Balaban J connectivity index is 2.60. The van der Waals surface area contributed by atoms with Crippen molar-refractivity contribution in [2.75, 3.05) is 0 Å². The summed E-state index contributed by atoms with van der Waals surface area (Å²) in [6.07, 6.45) is 13.1. The summed E-state index contributed by atoms with van der Waals surface area (Å²) in [4.78, 5) is 0. The molecule has 0 atom stereocenters. The predicted molar refractivity (Wildman–Crippen MR) is 110 cm³/mol. The highest BCUT2D eigenvalue weighted by Crippen LogP contribution is 2.43. The number of hydrogen-bond donors (Lipinski definition) is 0. The molecular formula is C24H48. The third-order valence-corrected chi connectivity index (χ3v) is 5.91. The minimum Gasteiger partial charge on any atom is -0.0602 e. The van der Waals surface area contributed by atoms with Gasteiger partial charge in [-0.15, -0.1) is 0 Å². The van der Waals surface area contributed by atoms with Crippen LogP contribution in [0.1, 0.15) is 120 Å². The van der Waals surface area contributed by atoms with E-state index in [9.17, 15) is 0 Å². The average molecular weight is 337 g/mol. The maximum Gasteiger partial charge on any atom is -0.0383 e. The van der Waals surface area contributed by atoms with Gasteiger partial charge in [-0.3, -0.25) is 0 Å². The summed E-state index contributed by atoms with van der Waals surface area (Å²) in [5, 5.41) is 0. The van der Waals surface area contributed by atoms with E-state index in [1.54, 1.807) is 0 Å². The molecule has 1 aliphatic carbocycles. The van der Waals surface area contributed by atoms with Crippen LogP contribution in [0.25, 0.3) is 0 Å². The van der Waals surface area contributed by atoms with Crippen LogP contribution in [0.3, 0.4) is 0 Å². The molecule has 0 aliphatic heterocycles. The van der Waals surface area contributed by atoms with Gasteiger partial charge in [-0.2, -0.15) is 0 Å². The summed E-state index contributed by atoms with van der Waals surface area (Å²) < 4.78 is 0. The van der Waals surface area contributed by atoms with Crippen molar-refractivity contribution in [2.24, 2.45) is 34.0 Å². The molecule has 0 saturated heterocycles. The van der Waals surface area contributed by atoms with Gasteiger partial charge in [0.2, 0.25) is 0 Å². The molecule has 0 aromatic rings. The zero-order valence-corrected chi connectivity index (χ0v) is 18.6. The molecule has 0 aromatic heterocycles. The predicted octanol–water partition coefficient (Wildman–Crippen LogP) is 8.50. The fraction of sp³-hybridized carbons (Fsp3) is 1.00. The van der Waals surface area contributed by atoms with Crippen molar-refractivity contribution in [3.8, 4) is 0 Å². The van der Waals surface area contributed by atoms with Crippen LogP contribution >= 0.6 is 0 Å². The highest BCUT2D eigenvalue weighted by Gasteiger charge is 2.30. The Labute approximate surface area is 154 Å². The molecule has 0 heterocycles. The summed E-state index contributed by atoms with van der Waals surface area (Å²) >= 11 is 0. The van der Waals surface area contributed by atoms with Crippen LogP contribution in [-0.4, -0.2) is 0 Å². The van der Waals surface area contributed by atoms with Crippen LogP contribution in [0, 0.1) is 34.0 Å². The first-order chi connectivity index (χ1) is 10.7. The van der Waals surface area contributed by atoms with Gasteiger partial charge in [-0.05, 0) is 91.8 Å². The molecular weight excluding hydrogens is 288 g/mol. The van der Waals surface area contributed by atoms with E-state index in [1.165, 1.54) is 57.8 Å². The largest absolute Gasteiger partial charge is 0.0602 e. The van der Waals surface area contributed by atoms with Crippen LogP contribution in [0.4, 0.5) is 0 Å². The zero-order chi connectivity index (χ0) is 18.6. The molecule has 0 unspecified atom stereocenters. The summed E-state index contributed by atoms with van der Waals surface area (Å²) in [6.45, 7) is 21.7. The first kappa shape index (κ1) is 22.0. The van der Waals surface area contributed by atoms with E-state index in [0.717, 1.165) is 17.8 Å². The lowest BCUT2D eigenvalue weighted by molar-refractivity contribution is 0.138. The van der Waals surface area contributed by atoms with Crippen molar-refractivity contribution >= 4 is 0 Å². The van der Waals surface area contributed by atoms with E-state index in [-0.39, 0.29) is 0 Å². The van der Waals surface area contributed by atoms with Crippen molar-refractivity contribution in [3.05, 3.63) is 0 Å². The Hall–Kier alpha value is 0. The number of hydrogen-bond acceptors (Lipinski definition) is 0. The second-order valence-corrected chi connectivity index (χ2v) is 12.6. The maximum absolute atomic E-state index is 2.41. The van der Waals surface area contributed by atoms with Crippen molar-refractivity contribution in [1.29, 1.82) is 0 Å². The van der Waals surface area contributed by atoms with E-state index < -0.39 is 0 Å². The van der Waals surface area contributed by atoms with Crippen LogP contribution in [0.5, 0.6) is 0 Å². The van der Waals surface area contributed by atoms with Gasteiger partial charge in [0, 0.05) is 0 Å². The molecule has 0 radical (unpaired) electrons. The lowest BCUT2D eigenvalue weighted by Gasteiger charge is -2.38. The average Bonchev–Trinajstić information content (AvgIpc) is 2.38. The van der Waals surface area contributed by atoms with Gasteiger partial charge in [-0.1, -0.05) is 62.3 Å². The van der Waals surface area contributed by atoms with Crippen LogP contribution in [-0.2, 0) is 0 Å². The monoisotopic (exact) mass is 336 g/mol. The van der Waals surface area contributed by atoms with Gasteiger partial charge in [0.1, 0.15) is 0 Å². The first-order valence-electron chi connectivity index (χ1n) is 10.7. The molecule has 0 amide bonds. The van der Waals surface area contributed by atoms with Gasteiger partial charge < -0.3 is 0 Å². The normalized spacial score (nSPS) is 26.6. The molecule has 144 valence electrons. The Bertz CT molecular complexity index is 281. The van der Waals surface area contributed by atoms with Gasteiger partial charge in [-0.25, -0.2) is 0 Å². The quantitative estimate of drug-likeness (QED) is 0.456.